The Bertz CT molecular complexity index is 542. The quantitative estimate of drug-likeness (QED) is 0.856. The van der Waals surface area contributed by atoms with Crippen molar-refractivity contribution in [3.8, 4) is 0 Å². The molecule has 2 fully saturated rings. The second kappa shape index (κ2) is 8.77. The van der Waals surface area contributed by atoms with Gasteiger partial charge >= 0.3 is 0 Å². The predicted octanol–water partition coefficient (Wildman–Crippen LogP) is 1.92. The van der Waals surface area contributed by atoms with Crippen LogP contribution in [0.5, 0.6) is 0 Å². The average Bonchev–Trinajstić information content (AvgIpc) is 3.15. The van der Waals surface area contributed by atoms with Gasteiger partial charge in [-0.05, 0) is 50.3 Å². The number of nitrogens with zero attached hydrogens (tertiary/aromatic N) is 3. The summed E-state index contributed by atoms with van der Waals surface area (Å²) in [4.78, 5) is 21.8. The zero-order chi connectivity index (χ0) is 17.6. The molecule has 1 aromatic rings. The van der Waals surface area contributed by atoms with E-state index in [0.717, 1.165) is 63.9 Å². The minimum Gasteiger partial charge on any atom is -0.342 e. The minimum atomic E-state index is 0.164. The lowest BCUT2D eigenvalue weighted by molar-refractivity contribution is -0.138. The number of hydrogen-bond acceptors (Lipinski definition) is 4. The van der Waals surface area contributed by atoms with E-state index in [4.69, 9.17) is 5.73 Å². The number of piperidine rings is 1. The van der Waals surface area contributed by atoms with Gasteiger partial charge in [0.1, 0.15) is 0 Å². The number of carbonyl (C=O) groups is 1. The van der Waals surface area contributed by atoms with Gasteiger partial charge in [0.05, 0.1) is 0 Å². The van der Waals surface area contributed by atoms with Gasteiger partial charge in [0, 0.05) is 57.0 Å². The smallest absolute Gasteiger partial charge is 0.226 e. The molecule has 1 aliphatic carbocycles. The van der Waals surface area contributed by atoms with Crippen LogP contribution in [0, 0.1) is 11.8 Å². The zero-order valence-electron chi connectivity index (χ0n) is 15.4. The third-order valence-electron chi connectivity index (χ3n) is 6.14. The molecule has 1 aliphatic heterocycles. The standard InChI is InChI=1S/C20H32N4O/c1-23(20(25)19-7-4-5-16(19)15-21)18-9-13-24(14-10-18)12-8-17-6-2-3-11-22-17/h2-3,6,11,16,18-19H,4-5,7-10,12-15,21H2,1H3/t16-,19-/m1/s1. The highest BCUT2D eigenvalue weighted by Crippen LogP contribution is 2.33. The van der Waals surface area contributed by atoms with Crippen LogP contribution in [0.3, 0.4) is 0 Å². The van der Waals surface area contributed by atoms with Crippen molar-refractivity contribution in [2.24, 2.45) is 17.6 Å². The first-order valence-electron chi connectivity index (χ1n) is 9.78. The van der Waals surface area contributed by atoms with Gasteiger partial charge in [-0.1, -0.05) is 12.5 Å². The highest BCUT2D eigenvalue weighted by Gasteiger charge is 2.36. The normalized spacial score (nSPS) is 25.2. The second-order valence-electron chi connectivity index (χ2n) is 7.63. The van der Waals surface area contributed by atoms with E-state index in [1.54, 1.807) is 0 Å². The molecule has 1 saturated carbocycles. The minimum absolute atomic E-state index is 0.164. The summed E-state index contributed by atoms with van der Waals surface area (Å²) in [6.07, 6.45) is 8.30. The van der Waals surface area contributed by atoms with Crippen molar-refractivity contribution >= 4 is 5.91 Å². The third kappa shape index (κ3) is 4.59. The van der Waals surface area contributed by atoms with Crippen LogP contribution in [0.4, 0.5) is 0 Å². The Morgan fingerprint density at radius 2 is 2.08 bits per heavy atom. The van der Waals surface area contributed by atoms with Gasteiger partial charge in [0.15, 0.2) is 0 Å². The first-order valence-corrected chi connectivity index (χ1v) is 9.78. The molecule has 25 heavy (non-hydrogen) atoms. The molecule has 0 spiro atoms. The van der Waals surface area contributed by atoms with E-state index in [9.17, 15) is 4.79 Å². The van der Waals surface area contributed by atoms with Crippen LogP contribution in [0.2, 0.25) is 0 Å². The van der Waals surface area contributed by atoms with Gasteiger partial charge in [0.2, 0.25) is 5.91 Å². The van der Waals surface area contributed by atoms with Crippen molar-refractivity contribution in [3.05, 3.63) is 30.1 Å². The van der Waals surface area contributed by atoms with Crippen LogP contribution in [0.25, 0.3) is 0 Å². The van der Waals surface area contributed by atoms with E-state index in [1.807, 2.05) is 30.3 Å². The van der Waals surface area contributed by atoms with Gasteiger partial charge in [-0.25, -0.2) is 0 Å². The Kier molecular flexibility index (Phi) is 6.43. The summed E-state index contributed by atoms with van der Waals surface area (Å²) in [5.74, 6) is 0.894. The lowest BCUT2D eigenvalue weighted by Gasteiger charge is -2.38. The predicted molar refractivity (Wildman–Crippen MR) is 100 cm³/mol. The number of hydrogen-bond donors (Lipinski definition) is 1. The Hall–Kier alpha value is -1.46. The lowest BCUT2D eigenvalue weighted by Crippen LogP contribution is -2.48. The molecule has 138 valence electrons. The van der Waals surface area contributed by atoms with E-state index in [1.165, 1.54) is 0 Å². The number of likely N-dealkylation sites (tertiary alicyclic amines) is 1. The number of carbonyl (C=O) groups excluding carboxylic acids is 1. The van der Waals surface area contributed by atoms with E-state index in [-0.39, 0.29) is 5.92 Å². The molecule has 2 atom stereocenters. The monoisotopic (exact) mass is 344 g/mol. The molecule has 2 aliphatic rings. The molecular formula is C20H32N4O. The molecule has 5 nitrogen and oxygen atoms in total. The zero-order valence-corrected chi connectivity index (χ0v) is 15.4. The molecule has 2 heterocycles. The topological polar surface area (TPSA) is 62.5 Å². The summed E-state index contributed by atoms with van der Waals surface area (Å²) in [5.41, 5.74) is 7.02. The van der Waals surface area contributed by atoms with Gasteiger partial charge in [-0.2, -0.15) is 0 Å². The average molecular weight is 345 g/mol. The molecule has 0 radical (unpaired) electrons. The maximum atomic E-state index is 12.9. The first-order chi connectivity index (χ1) is 12.2. The number of amides is 1. The molecule has 5 heteroatoms. The Morgan fingerprint density at radius 3 is 2.76 bits per heavy atom. The van der Waals surface area contributed by atoms with E-state index >= 15 is 0 Å². The van der Waals surface area contributed by atoms with E-state index in [2.05, 4.69) is 16.0 Å². The number of aromatic nitrogens is 1. The summed E-state index contributed by atoms with van der Waals surface area (Å²) in [6.45, 7) is 3.84. The summed E-state index contributed by atoms with van der Waals surface area (Å²) in [7, 11) is 2.00. The fourth-order valence-electron chi connectivity index (χ4n) is 4.43. The van der Waals surface area contributed by atoms with Crippen molar-refractivity contribution in [1.82, 2.24) is 14.8 Å². The third-order valence-corrected chi connectivity index (χ3v) is 6.14. The van der Waals surface area contributed by atoms with Gasteiger partial charge in [-0.3, -0.25) is 9.78 Å². The molecule has 1 amide bonds. The number of pyridine rings is 1. The molecule has 0 aromatic carbocycles. The fraction of sp³-hybridized carbons (Fsp3) is 0.700. The molecule has 0 bridgehead atoms. The largest absolute Gasteiger partial charge is 0.342 e. The van der Waals surface area contributed by atoms with Crippen LogP contribution in [-0.2, 0) is 11.2 Å². The molecule has 2 N–H and O–H groups in total. The molecule has 1 saturated heterocycles. The van der Waals surface area contributed by atoms with Gasteiger partial charge < -0.3 is 15.5 Å². The summed E-state index contributed by atoms with van der Waals surface area (Å²) < 4.78 is 0. The maximum absolute atomic E-state index is 12.9. The van der Waals surface area contributed by atoms with Crippen LogP contribution < -0.4 is 5.73 Å². The van der Waals surface area contributed by atoms with Crippen molar-refractivity contribution in [2.45, 2.75) is 44.6 Å². The molecule has 3 rings (SSSR count). The van der Waals surface area contributed by atoms with Crippen molar-refractivity contribution in [1.29, 1.82) is 0 Å². The van der Waals surface area contributed by atoms with E-state index < -0.39 is 0 Å². The van der Waals surface area contributed by atoms with Crippen LogP contribution >= 0.6 is 0 Å². The van der Waals surface area contributed by atoms with Crippen LogP contribution in [0.15, 0.2) is 24.4 Å². The maximum Gasteiger partial charge on any atom is 0.226 e. The first kappa shape index (κ1) is 18.3. The van der Waals surface area contributed by atoms with Crippen molar-refractivity contribution < 1.29 is 4.79 Å². The van der Waals surface area contributed by atoms with Crippen LogP contribution in [-0.4, -0.2) is 60.0 Å². The Labute approximate surface area is 151 Å². The molecular weight excluding hydrogens is 312 g/mol. The molecule has 1 aromatic heterocycles. The Morgan fingerprint density at radius 1 is 1.28 bits per heavy atom. The Balaban J connectivity index is 1.44. The highest BCUT2D eigenvalue weighted by atomic mass is 16.2. The summed E-state index contributed by atoms with van der Waals surface area (Å²) >= 11 is 0. The molecule has 0 unspecified atom stereocenters. The number of rotatable bonds is 6. The summed E-state index contributed by atoms with van der Waals surface area (Å²) in [5, 5.41) is 0. The number of nitrogens with two attached hydrogens (primary N) is 1. The van der Waals surface area contributed by atoms with Gasteiger partial charge in [-0.15, -0.1) is 0 Å². The van der Waals surface area contributed by atoms with Crippen molar-refractivity contribution in [3.63, 3.8) is 0 Å². The highest BCUT2D eigenvalue weighted by molar-refractivity contribution is 5.79. The fourth-order valence-corrected chi connectivity index (χ4v) is 4.43. The van der Waals surface area contributed by atoms with E-state index in [0.29, 0.717) is 24.4 Å². The van der Waals surface area contributed by atoms with Crippen LogP contribution in [0.1, 0.15) is 37.8 Å². The summed E-state index contributed by atoms with van der Waals surface area (Å²) in [6, 6.07) is 6.49. The van der Waals surface area contributed by atoms with Crippen molar-refractivity contribution in [2.75, 3.05) is 33.2 Å². The second-order valence-corrected chi connectivity index (χ2v) is 7.63. The lowest BCUT2D eigenvalue weighted by atomic mass is 9.93. The SMILES string of the molecule is CN(C(=O)[C@@H]1CCC[C@@H]1CN)C1CCN(CCc2ccccn2)CC1. The van der Waals surface area contributed by atoms with Gasteiger partial charge in [0.25, 0.3) is 0 Å².